The number of rotatable bonds is 3. The van der Waals surface area contributed by atoms with Crippen LogP contribution in [0.1, 0.15) is 50.3 Å². The average Bonchev–Trinajstić information content (AvgIpc) is 3.22. The number of aromatic amines is 1. The van der Waals surface area contributed by atoms with Gasteiger partial charge >= 0.3 is 0 Å². The monoisotopic (exact) mass is 352 g/mol. The number of hydrogen-bond donors (Lipinski definition) is 1. The van der Waals surface area contributed by atoms with Gasteiger partial charge in [-0.2, -0.15) is 0 Å². The third-order valence-electron chi connectivity index (χ3n) is 5.59. The summed E-state index contributed by atoms with van der Waals surface area (Å²) in [5, 5.41) is 0. The molecule has 2 aromatic heterocycles. The molecule has 0 bridgehead atoms. The van der Waals surface area contributed by atoms with Crippen molar-refractivity contribution in [3.05, 3.63) is 46.6 Å². The highest BCUT2D eigenvalue weighted by Gasteiger charge is 2.31. The van der Waals surface area contributed by atoms with E-state index in [9.17, 15) is 9.59 Å². The third kappa shape index (κ3) is 3.54. The highest BCUT2D eigenvalue weighted by molar-refractivity contribution is 5.79. The van der Waals surface area contributed by atoms with E-state index in [1.54, 1.807) is 6.20 Å². The normalized spacial score (nSPS) is 19.0. The van der Waals surface area contributed by atoms with Crippen molar-refractivity contribution in [1.82, 2.24) is 19.9 Å². The van der Waals surface area contributed by atoms with Gasteiger partial charge in [0.2, 0.25) is 5.91 Å². The van der Waals surface area contributed by atoms with Crippen LogP contribution in [0.2, 0.25) is 0 Å². The first-order valence-electron chi connectivity index (χ1n) is 9.52. The average molecular weight is 352 g/mol. The molecule has 0 spiro atoms. The smallest absolute Gasteiger partial charge is 0.251 e. The molecule has 2 aliphatic rings. The molecule has 3 heterocycles. The van der Waals surface area contributed by atoms with E-state index in [4.69, 9.17) is 0 Å². The molecule has 1 saturated heterocycles. The van der Waals surface area contributed by atoms with E-state index < -0.39 is 0 Å². The molecule has 2 aromatic rings. The third-order valence-corrected chi connectivity index (χ3v) is 5.59. The molecule has 1 aliphatic carbocycles. The highest BCUT2D eigenvalue weighted by atomic mass is 16.2. The van der Waals surface area contributed by atoms with Crippen LogP contribution in [0.4, 0.5) is 0 Å². The Morgan fingerprint density at radius 3 is 2.54 bits per heavy atom. The maximum Gasteiger partial charge on any atom is 0.251 e. The zero-order chi connectivity index (χ0) is 17.9. The molecule has 0 atom stereocenters. The van der Waals surface area contributed by atoms with Gasteiger partial charge in [-0.3, -0.25) is 14.6 Å². The van der Waals surface area contributed by atoms with E-state index in [0.29, 0.717) is 23.1 Å². The van der Waals surface area contributed by atoms with Gasteiger partial charge in [-0.15, -0.1) is 0 Å². The van der Waals surface area contributed by atoms with Crippen LogP contribution in [0.5, 0.6) is 0 Å². The molecule has 1 N–H and O–H groups in total. The zero-order valence-electron chi connectivity index (χ0n) is 14.9. The SMILES string of the molecule is O=C(C1CCCC1)N1CCC(c2nc(-c3ccccn3)cc(=O)[nH]2)CC1. The summed E-state index contributed by atoms with van der Waals surface area (Å²) in [5.41, 5.74) is 1.16. The number of carbonyl (C=O) groups is 1. The van der Waals surface area contributed by atoms with E-state index >= 15 is 0 Å². The maximum atomic E-state index is 12.6. The topological polar surface area (TPSA) is 79.0 Å². The summed E-state index contributed by atoms with van der Waals surface area (Å²) in [4.78, 5) is 38.5. The second-order valence-corrected chi connectivity index (χ2v) is 7.31. The second kappa shape index (κ2) is 7.40. The number of hydrogen-bond acceptors (Lipinski definition) is 4. The number of aromatic nitrogens is 3. The number of carbonyl (C=O) groups excluding carboxylic acids is 1. The van der Waals surface area contributed by atoms with E-state index in [2.05, 4.69) is 15.0 Å². The van der Waals surface area contributed by atoms with Crippen molar-refractivity contribution < 1.29 is 4.79 Å². The zero-order valence-corrected chi connectivity index (χ0v) is 14.9. The molecule has 6 heteroatoms. The van der Waals surface area contributed by atoms with E-state index in [0.717, 1.165) is 38.8 Å². The number of amides is 1. The molecule has 1 amide bonds. The van der Waals surface area contributed by atoms with Crippen molar-refractivity contribution in [3.8, 4) is 11.4 Å². The van der Waals surface area contributed by atoms with Crippen LogP contribution in [0.25, 0.3) is 11.4 Å². The predicted molar refractivity (Wildman–Crippen MR) is 98.6 cm³/mol. The number of pyridine rings is 1. The Morgan fingerprint density at radius 2 is 1.85 bits per heavy atom. The van der Waals surface area contributed by atoms with Crippen LogP contribution in [0.15, 0.2) is 35.3 Å². The van der Waals surface area contributed by atoms with Gasteiger partial charge in [-0.05, 0) is 37.8 Å². The number of piperidine rings is 1. The van der Waals surface area contributed by atoms with Crippen LogP contribution in [0.3, 0.4) is 0 Å². The summed E-state index contributed by atoms with van der Waals surface area (Å²) in [6, 6.07) is 7.08. The van der Waals surface area contributed by atoms with Gasteiger partial charge in [-0.25, -0.2) is 4.98 Å². The lowest BCUT2D eigenvalue weighted by Crippen LogP contribution is -2.41. The fourth-order valence-corrected chi connectivity index (χ4v) is 4.12. The second-order valence-electron chi connectivity index (χ2n) is 7.31. The summed E-state index contributed by atoms with van der Waals surface area (Å²) in [6.45, 7) is 1.50. The lowest BCUT2D eigenvalue weighted by Gasteiger charge is -2.33. The summed E-state index contributed by atoms with van der Waals surface area (Å²) >= 11 is 0. The minimum Gasteiger partial charge on any atom is -0.342 e. The number of nitrogens with zero attached hydrogens (tertiary/aromatic N) is 3. The first kappa shape index (κ1) is 16.9. The lowest BCUT2D eigenvalue weighted by atomic mass is 9.94. The van der Waals surface area contributed by atoms with Crippen molar-refractivity contribution in [2.24, 2.45) is 5.92 Å². The Hall–Kier alpha value is -2.50. The van der Waals surface area contributed by atoms with Gasteiger partial charge in [-0.1, -0.05) is 18.9 Å². The van der Waals surface area contributed by atoms with Gasteiger partial charge in [0.1, 0.15) is 5.82 Å². The molecule has 2 fully saturated rings. The number of H-pyrrole nitrogens is 1. The molecule has 1 aliphatic heterocycles. The van der Waals surface area contributed by atoms with Gasteiger partial charge in [0.05, 0.1) is 11.4 Å². The molecular weight excluding hydrogens is 328 g/mol. The van der Waals surface area contributed by atoms with Crippen molar-refractivity contribution in [1.29, 1.82) is 0 Å². The fraction of sp³-hybridized carbons (Fsp3) is 0.500. The quantitative estimate of drug-likeness (QED) is 0.921. The minimum absolute atomic E-state index is 0.153. The van der Waals surface area contributed by atoms with Crippen molar-refractivity contribution in [2.45, 2.75) is 44.4 Å². The molecule has 26 heavy (non-hydrogen) atoms. The Morgan fingerprint density at radius 1 is 1.08 bits per heavy atom. The van der Waals surface area contributed by atoms with Gasteiger partial charge in [0, 0.05) is 37.2 Å². The Labute approximate surface area is 152 Å². The standard InChI is InChI=1S/C20H24N4O2/c25-18-13-17(16-7-3-4-10-21-16)22-19(23-18)14-8-11-24(12-9-14)20(26)15-5-1-2-6-15/h3-4,7,10,13-15H,1-2,5-6,8-9,11-12H2,(H,22,23,25). The first-order chi connectivity index (χ1) is 12.7. The van der Waals surface area contributed by atoms with Gasteiger partial charge in [0.15, 0.2) is 0 Å². The minimum atomic E-state index is -0.153. The Kier molecular flexibility index (Phi) is 4.82. The van der Waals surface area contributed by atoms with Crippen LogP contribution >= 0.6 is 0 Å². The molecule has 0 aromatic carbocycles. The summed E-state index contributed by atoms with van der Waals surface area (Å²) in [5.74, 6) is 1.45. The largest absolute Gasteiger partial charge is 0.342 e. The number of nitrogens with one attached hydrogen (secondary N) is 1. The summed E-state index contributed by atoms with van der Waals surface area (Å²) in [6.07, 6.45) is 7.82. The number of likely N-dealkylation sites (tertiary alicyclic amines) is 1. The van der Waals surface area contributed by atoms with Crippen LogP contribution < -0.4 is 5.56 Å². The molecular formula is C20H24N4O2. The molecule has 1 saturated carbocycles. The molecule has 4 rings (SSSR count). The summed E-state index contributed by atoms with van der Waals surface area (Å²) < 4.78 is 0. The highest BCUT2D eigenvalue weighted by Crippen LogP contribution is 2.30. The van der Waals surface area contributed by atoms with E-state index in [1.165, 1.54) is 18.9 Å². The van der Waals surface area contributed by atoms with E-state index in [-0.39, 0.29) is 17.4 Å². The Bertz CT molecular complexity index is 819. The lowest BCUT2D eigenvalue weighted by molar-refractivity contribution is -0.136. The fourth-order valence-electron chi connectivity index (χ4n) is 4.12. The summed E-state index contributed by atoms with van der Waals surface area (Å²) in [7, 11) is 0. The van der Waals surface area contributed by atoms with Gasteiger partial charge < -0.3 is 9.88 Å². The molecule has 136 valence electrons. The molecule has 0 radical (unpaired) electrons. The van der Waals surface area contributed by atoms with Crippen molar-refractivity contribution in [3.63, 3.8) is 0 Å². The maximum absolute atomic E-state index is 12.6. The van der Waals surface area contributed by atoms with Crippen LogP contribution in [0, 0.1) is 5.92 Å². The Balaban J connectivity index is 1.47. The van der Waals surface area contributed by atoms with Crippen LogP contribution in [-0.2, 0) is 4.79 Å². The molecule has 6 nitrogen and oxygen atoms in total. The van der Waals surface area contributed by atoms with Crippen LogP contribution in [-0.4, -0.2) is 38.8 Å². The molecule has 0 unspecified atom stereocenters. The van der Waals surface area contributed by atoms with Gasteiger partial charge in [0.25, 0.3) is 5.56 Å². The first-order valence-corrected chi connectivity index (χ1v) is 9.52. The predicted octanol–water partition coefficient (Wildman–Crippen LogP) is 2.73. The van der Waals surface area contributed by atoms with Crippen molar-refractivity contribution >= 4 is 5.91 Å². The van der Waals surface area contributed by atoms with Crippen molar-refractivity contribution in [2.75, 3.05) is 13.1 Å². The van der Waals surface area contributed by atoms with E-state index in [1.807, 2.05) is 23.1 Å².